The first-order valence-corrected chi connectivity index (χ1v) is 4.70. The van der Waals surface area contributed by atoms with Crippen LogP contribution >= 0.6 is 0 Å². The SMILES string of the molecule is O=Cc1n[nH]c(C(F)(F)F)c1-c1ccccc1. The Morgan fingerprint density at radius 2 is 1.82 bits per heavy atom. The minimum atomic E-state index is -4.57. The predicted octanol–water partition coefficient (Wildman–Crippen LogP) is 2.91. The molecule has 0 unspecified atom stereocenters. The molecular formula is C11H7F3N2O. The van der Waals surface area contributed by atoms with E-state index in [1.807, 2.05) is 5.10 Å². The number of H-pyrrole nitrogens is 1. The van der Waals surface area contributed by atoms with Crippen LogP contribution in [0.15, 0.2) is 30.3 Å². The molecule has 0 aliphatic heterocycles. The Labute approximate surface area is 94.3 Å². The molecular weight excluding hydrogens is 233 g/mol. The van der Waals surface area contributed by atoms with Crippen LogP contribution in [-0.4, -0.2) is 16.5 Å². The number of carbonyl (C=O) groups is 1. The van der Waals surface area contributed by atoms with Crippen molar-refractivity contribution < 1.29 is 18.0 Å². The molecule has 0 amide bonds. The second kappa shape index (κ2) is 4.04. The highest BCUT2D eigenvalue weighted by Gasteiger charge is 2.37. The van der Waals surface area contributed by atoms with Crippen molar-refractivity contribution in [2.24, 2.45) is 0 Å². The van der Waals surface area contributed by atoms with Gasteiger partial charge in [-0.25, -0.2) is 0 Å². The molecule has 0 saturated heterocycles. The Hall–Kier alpha value is -2.11. The minimum absolute atomic E-state index is 0.215. The highest BCUT2D eigenvalue weighted by Crippen LogP contribution is 2.36. The van der Waals surface area contributed by atoms with Crippen molar-refractivity contribution in [2.75, 3.05) is 0 Å². The number of hydrogen-bond acceptors (Lipinski definition) is 2. The maximum absolute atomic E-state index is 12.7. The normalized spacial score (nSPS) is 11.5. The first-order chi connectivity index (χ1) is 8.04. The third-order valence-corrected chi connectivity index (χ3v) is 2.25. The fourth-order valence-electron chi connectivity index (χ4n) is 1.54. The number of halogens is 3. The van der Waals surface area contributed by atoms with Crippen LogP contribution in [0, 0.1) is 0 Å². The fraction of sp³-hybridized carbons (Fsp3) is 0.0909. The summed E-state index contributed by atoms with van der Waals surface area (Å²) in [6.07, 6.45) is -4.27. The van der Waals surface area contributed by atoms with Crippen molar-refractivity contribution in [2.45, 2.75) is 6.18 Å². The van der Waals surface area contributed by atoms with Gasteiger partial charge in [-0.05, 0) is 5.56 Å². The van der Waals surface area contributed by atoms with Gasteiger partial charge in [0.15, 0.2) is 6.29 Å². The number of carbonyl (C=O) groups excluding carboxylic acids is 1. The van der Waals surface area contributed by atoms with Crippen molar-refractivity contribution in [1.29, 1.82) is 0 Å². The summed E-state index contributed by atoms with van der Waals surface area (Å²) in [5, 5.41) is 5.22. The van der Waals surface area contributed by atoms with E-state index in [4.69, 9.17) is 0 Å². The standard InChI is InChI=1S/C11H7F3N2O/c12-11(13,14)10-9(8(6-17)15-16-10)7-4-2-1-3-5-7/h1-6H,(H,15,16). The van der Waals surface area contributed by atoms with E-state index in [0.717, 1.165) is 0 Å². The molecule has 1 heterocycles. The number of aromatic amines is 1. The van der Waals surface area contributed by atoms with Crippen LogP contribution in [0.3, 0.4) is 0 Å². The molecule has 6 heteroatoms. The van der Waals surface area contributed by atoms with Gasteiger partial charge in [0.1, 0.15) is 11.4 Å². The number of hydrogen-bond donors (Lipinski definition) is 1. The maximum Gasteiger partial charge on any atom is 0.433 e. The van der Waals surface area contributed by atoms with Crippen molar-refractivity contribution in [3.63, 3.8) is 0 Å². The Morgan fingerprint density at radius 1 is 1.18 bits per heavy atom. The second-order valence-electron chi connectivity index (χ2n) is 3.34. The summed E-state index contributed by atoms with van der Waals surface area (Å²) < 4.78 is 38.1. The Morgan fingerprint density at radius 3 is 2.35 bits per heavy atom. The number of nitrogens with zero attached hydrogens (tertiary/aromatic N) is 1. The predicted molar refractivity (Wildman–Crippen MR) is 54.4 cm³/mol. The van der Waals surface area contributed by atoms with Gasteiger partial charge in [0, 0.05) is 5.56 Å². The molecule has 0 aliphatic carbocycles. The molecule has 0 aliphatic rings. The van der Waals surface area contributed by atoms with Crippen LogP contribution < -0.4 is 0 Å². The van der Waals surface area contributed by atoms with Gasteiger partial charge >= 0.3 is 6.18 Å². The van der Waals surface area contributed by atoms with E-state index < -0.39 is 11.9 Å². The lowest BCUT2D eigenvalue weighted by Crippen LogP contribution is -2.07. The summed E-state index contributed by atoms with van der Waals surface area (Å²) in [6.45, 7) is 0. The molecule has 17 heavy (non-hydrogen) atoms. The van der Waals surface area contributed by atoms with E-state index >= 15 is 0 Å². The number of aromatic nitrogens is 2. The van der Waals surface area contributed by atoms with E-state index in [2.05, 4.69) is 5.10 Å². The van der Waals surface area contributed by atoms with Gasteiger partial charge in [0.25, 0.3) is 0 Å². The van der Waals surface area contributed by atoms with Gasteiger partial charge < -0.3 is 0 Å². The lowest BCUT2D eigenvalue weighted by Gasteiger charge is -2.07. The largest absolute Gasteiger partial charge is 0.433 e. The molecule has 1 aromatic carbocycles. The maximum atomic E-state index is 12.7. The van der Waals surface area contributed by atoms with Gasteiger partial charge in [-0.15, -0.1) is 0 Å². The van der Waals surface area contributed by atoms with Crippen LogP contribution in [-0.2, 0) is 6.18 Å². The van der Waals surface area contributed by atoms with Crippen molar-refractivity contribution in [3.05, 3.63) is 41.7 Å². The molecule has 2 aromatic rings. The van der Waals surface area contributed by atoms with Crippen molar-refractivity contribution >= 4 is 6.29 Å². The average Bonchev–Trinajstić information content (AvgIpc) is 2.73. The molecule has 0 bridgehead atoms. The summed E-state index contributed by atoms with van der Waals surface area (Å²) in [5.74, 6) is 0. The molecule has 88 valence electrons. The molecule has 2 rings (SSSR count). The third kappa shape index (κ3) is 2.06. The van der Waals surface area contributed by atoms with E-state index in [1.54, 1.807) is 18.2 Å². The van der Waals surface area contributed by atoms with Crippen LogP contribution in [0.1, 0.15) is 16.2 Å². The minimum Gasteiger partial charge on any atom is -0.296 e. The van der Waals surface area contributed by atoms with E-state index in [0.29, 0.717) is 11.8 Å². The third-order valence-electron chi connectivity index (χ3n) is 2.25. The molecule has 0 spiro atoms. The van der Waals surface area contributed by atoms with Gasteiger partial charge in [-0.1, -0.05) is 30.3 Å². The zero-order chi connectivity index (χ0) is 12.5. The number of nitrogens with one attached hydrogen (secondary N) is 1. The molecule has 0 atom stereocenters. The number of rotatable bonds is 2. The molecule has 1 aromatic heterocycles. The smallest absolute Gasteiger partial charge is 0.296 e. The zero-order valence-corrected chi connectivity index (χ0v) is 8.45. The number of benzene rings is 1. The lowest BCUT2D eigenvalue weighted by molar-refractivity contribution is -0.140. The molecule has 3 nitrogen and oxygen atoms in total. The monoisotopic (exact) mass is 240 g/mol. The Kier molecular flexibility index (Phi) is 2.71. The lowest BCUT2D eigenvalue weighted by atomic mass is 10.0. The van der Waals surface area contributed by atoms with Crippen LogP contribution in [0.5, 0.6) is 0 Å². The van der Waals surface area contributed by atoms with Crippen LogP contribution in [0.2, 0.25) is 0 Å². The molecule has 1 N–H and O–H groups in total. The highest BCUT2D eigenvalue weighted by molar-refractivity contribution is 5.86. The Bertz CT molecular complexity index is 531. The first-order valence-electron chi connectivity index (χ1n) is 4.70. The summed E-state index contributed by atoms with van der Waals surface area (Å²) in [5.41, 5.74) is -1.17. The zero-order valence-electron chi connectivity index (χ0n) is 8.45. The fourth-order valence-corrected chi connectivity index (χ4v) is 1.54. The second-order valence-corrected chi connectivity index (χ2v) is 3.34. The quantitative estimate of drug-likeness (QED) is 0.820. The van der Waals surface area contributed by atoms with Crippen LogP contribution in [0.4, 0.5) is 13.2 Å². The van der Waals surface area contributed by atoms with Crippen LogP contribution in [0.25, 0.3) is 11.1 Å². The Balaban J connectivity index is 2.66. The topological polar surface area (TPSA) is 45.8 Å². The van der Waals surface area contributed by atoms with Crippen molar-refractivity contribution in [1.82, 2.24) is 10.2 Å². The van der Waals surface area contributed by atoms with Gasteiger partial charge in [-0.2, -0.15) is 18.3 Å². The molecule has 0 saturated carbocycles. The summed E-state index contributed by atoms with van der Waals surface area (Å²) in [6, 6.07) is 7.85. The van der Waals surface area contributed by atoms with Crippen molar-refractivity contribution in [3.8, 4) is 11.1 Å². The van der Waals surface area contributed by atoms with Gasteiger partial charge in [0.2, 0.25) is 0 Å². The van der Waals surface area contributed by atoms with Gasteiger partial charge in [-0.3, -0.25) is 9.89 Å². The molecule has 0 fully saturated rings. The molecule has 0 radical (unpaired) electrons. The summed E-state index contributed by atoms with van der Waals surface area (Å²) >= 11 is 0. The van der Waals surface area contributed by atoms with E-state index in [9.17, 15) is 18.0 Å². The van der Waals surface area contributed by atoms with Gasteiger partial charge in [0.05, 0.1) is 0 Å². The number of alkyl halides is 3. The highest BCUT2D eigenvalue weighted by atomic mass is 19.4. The summed E-state index contributed by atoms with van der Waals surface area (Å²) in [4.78, 5) is 10.7. The summed E-state index contributed by atoms with van der Waals surface area (Å²) in [7, 11) is 0. The van der Waals surface area contributed by atoms with E-state index in [1.165, 1.54) is 12.1 Å². The van der Waals surface area contributed by atoms with E-state index in [-0.39, 0.29) is 11.3 Å². The number of aldehydes is 1. The first kappa shape index (κ1) is 11.4. The average molecular weight is 240 g/mol.